The second-order valence-electron chi connectivity index (χ2n) is 3.22. The molecule has 1 aromatic rings. The molecule has 0 saturated heterocycles. The first-order valence-corrected chi connectivity index (χ1v) is 4.64. The summed E-state index contributed by atoms with van der Waals surface area (Å²) in [7, 11) is 0. The van der Waals surface area contributed by atoms with Crippen LogP contribution in [-0.4, -0.2) is 0 Å². The van der Waals surface area contributed by atoms with Crippen molar-refractivity contribution in [1.82, 2.24) is 0 Å². The van der Waals surface area contributed by atoms with Crippen LogP contribution in [0, 0.1) is 0 Å². The minimum Gasteiger partial charge on any atom is -0.393 e. The van der Waals surface area contributed by atoms with Crippen LogP contribution in [0.2, 0.25) is 5.02 Å². The summed E-state index contributed by atoms with van der Waals surface area (Å²) < 4.78 is 0. The van der Waals surface area contributed by atoms with Gasteiger partial charge in [-0.25, -0.2) is 4.98 Å². The average molecular weight is 184 g/mol. The molecule has 0 unspecified atom stereocenters. The molecular weight excluding hydrogens is 172 g/mol. The van der Waals surface area contributed by atoms with Gasteiger partial charge < -0.3 is 5.73 Å². The molecule has 0 aliphatic heterocycles. The van der Waals surface area contributed by atoms with Gasteiger partial charge in [0, 0.05) is 12.0 Å². The Hall–Kier alpha value is -0.760. The van der Waals surface area contributed by atoms with Gasteiger partial charge in [-0.15, -0.1) is 0 Å². The van der Waals surface area contributed by atoms with Crippen LogP contribution in [0.15, 0.2) is 6.20 Å². The molecule has 0 atom stereocenters. The second kappa shape index (κ2) is 2.94. The number of pyridine rings is 1. The molecule has 2 rings (SSSR count). The summed E-state index contributed by atoms with van der Waals surface area (Å²) in [6.45, 7) is 0. The number of aromatic amines is 1. The highest BCUT2D eigenvalue weighted by Crippen LogP contribution is 2.28. The Morgan fingerprint density at radius 3 is 2.92 bits per heavy atom. The maximum atomic E-state index is 6.07. The fraction of sp³-hybridized carbons (Fsp3) is 0.444. The van der Waals surface area contributed by atoms with Crippen molar-refractivity contribution in [2.75, 3.05) is 5.73 Å². The average Bonchev–Trinajstić information content (AvgIpc) is 2.12. The van der Waals surface area contributed by atoms with Gasteiger partial charge in [-0.05, 0) is 19.3 Å². The summed E-state index contributed by atoms with van der Waals surface area (Å²) in [5, 5.41) is 0.753. The Balaban J connectivity index is 2.54. The fourth-order valence-corrected chi connectivity index (χ4v) is 1.97. The zero-order chi connectivity index (χ0) is 8.55. The molecule has 2 nitrogen and oxygen atoms in total. The molecule has 0 amide bonds. The molecule has 3 heteroatoms. The van der Waals surface area contributed by atoms with Crippen molar-refractivity contribution < 1.29 is 4.98 Å². The highest BCUT2D eigenvalue weighted by molar-refractivity contribution is 6.33. The summed E-state index contributed by atoms with van der Waals surface area (Å²) in [5.74, 6) is 0. The first-order chi connectivity index (χ1) is 5.79. The van der Waals surface area contributed by atoms with Gasteiger partial charge in [-0.3, -0.25) is 0 Å². The van der Waals surface area contributed by atoms with Crippen molar-refractivity contribution in [3.8, 4) is 0 Å². The summed E-state index contributed by atoms with van der Waals surface area (Å²) in [6, 6.07) is 0. The zero-order valence-electron chi connectivity index (χ0n) is 6.86. The largest absolute Gasteiger partial charge is 0.393 e. The van der Waals surface area contributed by atoms with E-state index in [1.165, 1.54) is 24.1 Å². The van der Waals surface area contributed by atoms with Gasteiger partial charge in [0.25, 0.3) is 0 Å². The van der Waals surface area contributed by atoms with Gasteiger partial charge in [-0.2, -0.15) is 0 Å². The minimum absolute atomic E-state index is 0.664. The van der Waals surface area contributed by atoms with E-state index in [0.29, 0.717) is 5.69 Å². The number of nitrogen functional groups attached to an aromatic ring is 1. The van der Waals surface area contributed by atoms with Crippen LogP contribution in [-0.2, 0) is 12.8 Å². The van der Waals surface area contributed by atoms with Crippen molar-refractivity contribution in [2.45, 2.75) is 25.7 Å². The van der Waals surface area contributed by atoms with Crippen molar-refractivity contribution in [1.29, 1.82) is 0 Å². The highest BCUT2D eigenvalue weighted by atomic mass is 35.5. The molecule has 64 valence electrons. The van der Waals surface area contributed by atoms with E-state index in [9.17, 15) is 0 Å². The lowest BCUT2D eigenvalue weighted by atomic mass is 9.96. The Kier molecular flexibility index (Phi) is 1.93. The van der Waals surface area contributed by atoms with E-state index in [1.54, 1.807) is 6.20 Å². The number of aromatic nitrogens is 1. The molecule has 1 heterocycles. The molecule has 0 fully saturated rings. The zero-order valence-corrected chi connectivity index (χ0v) is 7.62. The van der Waals surface area contributed by atoms with E-state index in [0.717, 1.165) is 17.9 Å². The Labute approximate surface area is 76.7 Å². The summed E-state index contributed by atoms with van der Waals surface area (Å²) in [6.07, 6.45) is 6.44. The first-order valence-electron chi connectivity index (χ1n) is 4.26. The molecule has 0 radical (unpaired) electrons. The SMILES string of the molecule is Nc1c[nH+]c2c(c1Cl)CCCC2. The number of fused-ring (bicyclic) bond motifs is 1. The van der Waals surface area contributed by atoms with Crippen molar-refractivity contribution in [3.05, 3.63) is 22.5 Å². The number of H-pyrrole nitrogens is 1. The molecule has 0 aromatic carbocycles. The van der Waals surface area contributed by atoms with Crippen molar-refractivity contribution >= 4 is 17.3 Å². The lowest BCUT2D eigenvalue weighted by Crippen LogP contribution is -2.19. The smallest absolute Gasteiger partial charge is 0.191 e. The monoisotopic (exact) mass is 183 g/mol. The third kappa shape index (κ3) is 1.16. The Morgan fingerprint density at radius 1 is 1.33 bits per heavy atom. The lowest BCUT2D eigenvalue weighted by Gasteiger charge is -2.11. The fourth-order valence-electron chi connectivity index (χ4n) is 1.71. The van der Waals surface area contributed by atoms with Crippen LogP contribution in [0.4, 0.5) is 5.69 Å². The quantitative estimate of drug-likeness (QED) is 0.653. The van der Waals surface area contributed by atoms with Crippen LogP contribution < -0.4 is 10.7 Å². The predicted octanol–water partition coefficient (Wildman–Crippen LogP) is 1.62. The van der Waals surface area contributed by atoms with Gasteiger partial charge in [0.15, 0.2) is 11.9 Å². The lowest BCUT2D eigenvalue weighted by molar-refractivity contribution is -0.390. The van der Waals surface area contributed by atoms with E-state index < -0.39 is 0 Å². The normalized spacial score (nSPS) is 15.8. The molecule has 1 aromatic heterocycles. The maximum Gasteiger partial charge on any atom is 0.191 e. The molecule has 0 bridgehead atoms. The van der Waals surface area contributed by atoms with Crippen LogP contribution in [0.25, 0.3) is 0 Å². The van der Waals surface area contributed by atoms with E-state index in [1.807, 2.05) is 0 Å². The maximum absolute atomic E-state index is 6.07. The third-order valence-electron chi connectivity index (χ3n) is 2.39. The molecule has 0 saturated carbocycles. The van der Waals surface area contributed by atoms with Crippen LogP contribution in [0.3, 0.4) is 0 Å². The number of hydrogen-bond acceptors (Lipinski definition) is 1. The van der Waals surface area contributed by atoms with Crippen molar-refractivity contribution in [3.63, 3.8) is 0 Å². The van der Waals surface area contributed by atoms with E-state index in [-0.39, 0.29) is 0 Å². The number of aryl methyl sites for hydroxylation is 1. The predicted molar refractivity (Wildman–Crippen MR) is 49.1 cm³/mol. The number of rotatable bonds is 0. The van der Waals surface area contributed by atoms with Crippen molar-refractivity contribution in [2.24, 2.45) is 0 Å². The number of nitrogens with two attached hydrogens (primary N) is 1. The molecular formula is C9H12ClN2+. The van der Waals surface area contributed by atoms with Gasteiger partial charge in [0.05, 0.1) is 5.02 Å². The third-order valence-corrected chi connectivity index (χ3v) is 2.83. The highest BCUT2D eigenvalue weighted by Gasteiger charge is 2.19. The van der Waals surface area contributed by atoms with E-state index in [2.05, 4.69) is 4.98 Å². The Bertz CT molecular complexity index is 310. The summed E-state index contributed by atoms with van der Waals surface area (Å²) >= 11 is 6.07. The van der Waals surface area contributed by atoms with Crippen LogP contribution in [0.5, 0.6) is 0 Å². The summed E-state index contributed by atoms with van der Waals surface area (Å²) in [4.78, 5) is 3.19. The number of nitrogens with one attached hydrogen (secondary N) is 1. The topological polar surface area (TPSA) is 40.2 Å². The number of anilines is 1. The Morgan fingerprint density at radius 2 is 2.08 bits per heavy atom. The molecule has 1 aliphatic rings. The van der Waals surface area contributed by atoms with Crippen LogP contribution >= 0.6 is 11.6 Å². The second-order valence-corrected chi connectivity index (χ2v) is 3.60. The molecule has 0 spiro atoms. The van der Waals surface area contributed by atoms with Gasteiger partial charge in [0.2, 0.25) is 0 Å². The van der Waals surface area contributed by atoms with Gasteiger partial charge in [0.1, 0.15) is 5.69 Å². The van der Waals surface area contributed by atoms with Gasteiger partial charge >= 0.3 is 0 Å². The number of halogens is 1. The van der Waals surface area contributed by atoms with E-state index in [4.69, 9.17) is 17.3 Å². The standard InChI is InChI=1S/C9H11ClN2/c10-9-6-3-1-2-4-8(6)12-5-7(9)11/h5H,1-4,11H2/p+1. The van der Waals surface area contributed by atoms with E-state index >= 15 is 0 Å². The van der Waals surface area contributed by atoms with Crippen LogP contribution in [0.1, 0.15) is 24.1 Å². The molecule has 3 N–H and O–H groups in total. The number of hydrogen-bond donors (Lipinski definition) is 1. The minimum atomic E-state index is 0.664. The van der Waals surface area contributed by atoms with Gasteiger partial charge in [-0.1, -0.05) is 11.6 Å². The first kappa shape index (κ1) is 7.87. The molecule has 12 heavy (non-hydrogen) atoms. The molecule has 1 aliphatic carbocycles. The summed E-state index contributed by atoms with van der Waals surface area (Å²) in [5.41, 5.74) is 8.83.